The Kier molecular flexibility index (Phi) is 4.57. The van der Waals surface area contributed by atoms with Gasteiger partial charge in [0.2, 0.25) is 0 Å². The summed E-state index contributed by atoms with van der Waals surface area (Å²) in [6, 6.07) is 11.1. The summed E-state index contributed by atoms with van der Waals surface area (Å²) in [6.07, 6.45) is 0. The highest BCUT2D eigenvalue weighted by Crippen LogP contribution is 2.30. The summed E-state index contributed by atoms with van der Waals surface area (Å²) in [7, 11) is 0. The number of rotatable bonds is 4. The van der Waals surface area contributed by atoms with Crippen LogP contribution in [0.3, 0.4) is 0 Å². The minimum absolute atomic E-state index is 0.145. The first kappa shape index (κ1) is 14.8. The predicted octanol–water partition coefficient (Wildman–Crippen LogP) is 4.22. The van der Waals surface area contributed by atoms with Crippen LogP contribution in [0.1, 0.15) is 21.5 Å². The number of carboxylic acid groups (broad SMARTS) is 1. The average Bonchev–Trinajstić information content (AvgIpc) is 2.41. The normalized spacial score (nSPS) is 10.5. The highest BCUT2D eigenvalue weighted by molar-refractivity contribution is 7.98. The van der Waals surface area contributed by atoms with Gasteiger partial charge in [-0.1, -0.05) is 29.8 Å². The van der Waals surface area contributed by atoms with Crippen molar-refractivity contribution in [2.24, 2.45) is 0 Å². The quantitative estimate of drug-likeness (QED) is 0.655. The molecule has 3 nitrogen and oxygen atoms in total. The fourth-order valence-corrected chi connectivity index (χ4v) is 3.12. The van der Waals surface area contributed by atoms with Gasteiger partial charge >= 0.3 is 5.97 Å². The van der Waals surface area contributed by atoms with Crippen LogP contribution in [0.2, 0.25) is 5.02 Å². The van der Waals surface area contributed by atoms with Crippen molar-refractivity contribution in [3.8, 4) is 0 Å². The Morgan fingerprint density at radius 3 is 2.70 bits per heavy atom. The van der Waals surface area contributed by atoms with Crippen LogP contribution in [0.5, 0.6) is 0 Å². The van der Waals surface area contributed by atoms with Crippen molar-refractivity contribution in [2.75, 3.05) is 5.73 Å². The van der Waals surface area contributed by atoms with Crippen molar-refractivity contribution in [2.45, 2.75) is 17.6 Å². The summed E-state index contributed by atoms with van der Waals surface area (Å²) < 4.78 is 0. The van der Waals surface area contributed by atoms with Gasteiger partial charge in [0.05, 0.1) is 5.56 Å². The first-order valence-electron chi connectivity index (χ1n) is 5.98. The number of anilines is 1. The zero-order chi connectivity index (χ0) is 14.7. The Morgan fingerprint density at radius 2 is 2.05 bits per heavy atom. The van der Waals surface area contributed by atoms with E-state index in [1.807, 2.05) is 30.3 Å². The number of hydrogen-bond donors (Lipinski definition) is 2. The number of aryl methyl sites for hydroxylation is 1. The molecule has 0 aliphatic carbocycles. The average molecular weight is 308 g/mol. The molecule has 3 N–H and O–H groups in total. The molecule has 0 radical (unpaired) electrons. The first-order chi connectivity index (χ1) is 9.49. The van der Waals surface area contributed by atoms with Crippen LogP contribution in [0.25, 0.3) is 0 Å². The number of nitrogen functional groups attached to an aromatic ring is 1. The summed E-state index contributed by atoms with van der Waals surface area (Å²) in [5.74, 6) is -0.326. The minimum atomic E-state index is -1.01. The molecular formula is C15H14ClNO2S. The number of benzene rings is 2. The van der Waals surface area contributed by atoms with E-state index in [1.54, 1.807) is 13.0 Å². The van der Waals surface area contributed by atoms with E-state index in [0.717, 1.165) is 16.0 Å². The van der Waals surface area contributed by atoms with E-state index >= 15 is 0 Å². The Balaban J connectivity index is 2.22. The standard InChI is InChI=1S/C15H14ClNO2S/c1-9-6-11(7-12(14(9)17)15(18)19)20-8-10-4-2-3-5-13(10)16/h2-7H,8,17H2,1H3,(H,18,19). The Bertz CT molecular complexity index is 658. The molecular weight excluding hydrogens is 294 g/mol. The van der Waals surface area contributed by atoms with Crippen LogP contribution in [0.4, 0.5) is 5.69 Å². The largest absolute Gasteiger partial charge is 0.478 e. The third-order valence-corrected chi connectivity index (χ3v) is 4.34. The van der Waals surface area contributed by atoms with Gasteiger partial charge in [-0.3, -0.25) is 0 Å². The monoisotopic (exact) mass is 307 g/mol. The number of aromatic carboxylic acids is 1. The van der Waals surface area contributed by atoms with E-state index in [-0.39, 0.29) is 5.56 Å². The molecule has 0 saturated carbocycles. The predicted molar refractivity (Wildman–Crippen MR) is 83.6 cm³/mol. The summed E-state index contributed by atoms with van der Waals surface area (Å²) in [5, 5.41) is 9.85. The Labute approximate surface area is 126 Å². The van der Waals surface area contributed by atoms with Crippen molar-refractivity contribution >= 4 is 35.0 Å². The second-order valence-corrected chi connectivity index (χ2v) is 5.84. The van der Waals surface area contributed by atoms with E-state index in [1.165, 1.54) is 11.8 Å². The van der Waals surface area contributed by atoms with E-state index in [9.17, 15) is 4.79 Å². The third-order valence-electron chi connectivity index (χ3n) is 2.94. The van der Waals surface area contributed by atoms with Gasteiger partial charge < -0.3 is 10.8 Å². The van der Waals surface area contributed by atoms with Crippen molar-refractivity contribution in [1.29, 1.82) is 0 Å². The lowest BCUT2D eigenvalue weighted by Crippen LogP contribution is -2.04. The van der Waals surface area contributed by atoms with Crippen LogP contribution >= 0.6 is 23.4 Å². The van der Waals surface area contributed by atoms with Gasteiger partial charge in [0.15, 0.2) is 0 Å². The molecule has 0 spiro atoms. The molecule has 0 atom stereocenters. The number of hydrogen-bond acceptors (Lipinski definition) is 3. The van der Waals surface area contributed by atoms with Gasteiger partial charge in [-0.15, -0.1) is 11.8 Å². The molecule has 0 saturated heterocycles. The zero-order valence-corrected chi connectivity index (χ0v) is 12.5. The van der Waals surface area contributed by atoms with Crippen LogP contribution in [-0.4, -0.2) is 11.1 Å². The van der Waals surface area contributed by atoms with E-state index in [0.29, 0.717) is 16.5 Å². The van der Waals surface area contributed by atoms with E-state index in [2.05, 4.69) is 0 Å². The maximum absolute atomic E-state index is 11.1. The maximum Gasteiger partial charge on any atom is 0.337 e. The summed E-state index contributed by atoms with van der Waals surface area (Å²) in [6.45, 7) is 1.81. The molecule has 2 aromatic carbocycles. The smallest absolute Gasteiger partial charge is 0.337 e. The molecule has 2 rings (SSSR count). The molecule has 5 heteroatoms. The summed E-state index contributed by atoms with van der Waals surface area (Å²) in [5.41, 5.74) is 8.03. The molecule has 0 heterocycles. The van der Waals surface area contributed by atoms with Crippen LogP contribution < -0.4 is 5.73 Å². The fourth-order valence-electron chi connectivity index (χ4n) is 1.80. The number of thioether (sulfide) groups is 1. The van der Waals surface area contributed by atoms with Crippen molar-refractivity contribution in [3.05, 3.63) is 58.1 Å². The number of nitrogens with two attached hydrogens (primary N) is 1. The molecule has 0 aliphatic rings. The molecule has 2 aromatic rings. The second-order valence-electron chi connectivity index (χ2n) is 4.39. The minimum Gasteiger partial charge on any atom is -0.478 e. The molecule has 0 aliphatic heterocycles. The third kappa shape index (κ3) is 3.26. The lowest BCUT2D eigenvalue weighted by molar-refractivity contribution is 0.0697. The SMILES string of the molecule is Cc1cc(SCc2ccccc2Cl)cc(C(=O)O)c1N. The van der Waals surface area contributed by atoms with Gasteiger partial charge in [-0.25, -0.2) is 4.79 Å². The van der Waals surface area contributed by atoms with Crippen molar-refractivity contribution in [3.63, 3.8) is 0 Å². The molecule has 0 unspecified atom stereocenters. The lowest BCUT2D eigenvalue weighted by atomic mass is 10.1. The van der Waals surface area contributed by atoms with Crippen LogP contribution in [-0.2, 0) is 5.75 Å². The topological polar surface area (TPSA) is 63.3 Å². The van der Waals surface area contributed by atoms with Gasteiger partial charge in [0.25, 0.3) is 0 Å². The molecule has 20 heavy (non-hydrogen) atoms. The summed E-state index contributed by atoms with van der Waals surface area (Å²) in [4.78, 5) is 12.0. The van der Waals surface area contributed by atoms with Gasteiger partial charge in [-0.05, 0) is 36.2 Å². The first-order valence-corrected chi connectivity index (χ1v) is 7.35. The van der Waals surface area contributed by atoms with E-state index < -0.39 is 5.97 Å². The molecule has 0 fully saturated rings. The Hall–Kier alpha value is -1.65. The number of carboxylic acids is 1. The highest BCUT2D eigenvalue weighted by Gasteiger charge is 2.12. The number of carbonyl (C=O) groups is 1. The van der Waals surface area contributed by atoms with E-state index in [4.69, 9.17) is 22.4 Å². The van der Waals surface area contributed by atoms with Crippen molar-refractivity contribution < 1.29 is 9.90 Å². The number of halogens is 1. The molecule has 0 aromatic heterocycles. The Morgan fingerprint density at radius 1 is 1.35 bits per heavy atom. The molecule has 0 bridgehead atoms. The second kappa shape index (κ2) is 6.20. The van der Waals surface area contributed by atoms with Crippen molar-refractivity contribution in [1.82, 2.24) is 0 Å². The van der Waals surface area contributed by atoms with Gasteiger partial charge in [0, 0.05) is 21.4 Å². The highest BCUT2D eigenvalue weighted by atomic mass is 35.5. The molecule has 0 amide bonds. The lowest BCUT2D eigenvalue weighted by Gasteiger charge is -2.09. The van der Waals surface area contributed by atoms with Crippen LogP contribution in [0.15, 0.2) is 41.3 Å². The summed E-state index contributed by atoms with van der Waals surface area (Å²) >= 11 is 7.64. The van der Waals surface area contributed by atoms with Crippen LogP contribution in [0, 0.1) is 6.92 Å². The molecule has 104 valence electrons. The zero-order valence-electron chi connectivity index (χ0n) is 10.9. The van der Waals surface area contributed by atoms with Gasteiger partial charge in [0.1, 0.15) is 0 Å². The fraction of sp³-hybridized carbons (Fsp3) is 0.133. The van der Waals surface area contributed by atoms with Gasteiger partial charge in [-0.2, -0.15) is 0 Å². The maximum atomic E-state index is 11.1.